The highest BCUT2D eigenvalue weighted by Crippen LogP contribution is 2.32. The zero-order valence-corrected chi connectivity index (χ0v) is 19.8. The number of aryl methyl sites for hydroxylation is 1. The van der Waals surface area contributed by atoms with Crippen LogP contribution in [0.25, 0.3) is 16.9 Å². The van der Waals surface area contributed by atoms with E-state index in [9.17, 15) is 18.0 Å². The van der Waals surface area contributed by atoms with Crippen molar-refractivity contribution >= 4 is 11.6 Å². The fourth-order valence-corrected chi connectivity index (χ4v) is 3.60. The van der Waals surface area contributed by atoms with Gasteiger partial charge in [0.15, 0.2) is 11.5 Å². The van der Waals surface area contributed by atoms with Crippen LogP contribution in [0.1, 0.15) is 21.6 Å². The summed E-state index contributed by atoms with van der Waals surface area (Å²) in [5.41, 5.74) is 0.854. The van der Waals surface area contributed by atoms with Gasteiger partial charge in [-0.1, -0.05) is 30.3 Å². The molecular weight excluding hydrogens is 497 g/mol. The molecule has 1 N–H and O–H groups in total. The third-order valence-corrected chi connectivity index (χ3v) is 5.41. The summed E-state index contributed by atoms with van der Waals surface area (Å²) in [7, 11) is 0. The normalized spacial score (nSPS) is 11.3. The summed E-state index contributed by atoms with van der Waals surface area (Å²) in [5, 5.41) is 6.04. The van der Waals surface area contributed by atoms with E-state index in [2.05, 4.69) is 25.4 Å². The van der Waals surface area contributed by atoms with Crippen molar-refractivity contribution in [3.8, 4) is 28.7 Å². The Labute approximate surface area is 214 Å². The first kappa shape index (κ1) is 24.6. The van der Waals surface area contributed by atoms with Crippen molar-refractivity contribution in [2.24, 2.45) is 0 Å². The van der Waals surface area contributed by atoms with Crippen molar-refractivity contribution in [3.05, 3.63) is 108 Å². The summed E-state index contributed by atoms with van der Waals surface area (Å²) < 4.78 is 47.3. The zero-order chi connectivity index (χ0) is 26.7. The van der Waals surface area contributed by atoms with Crippen molar-refractivity contribution in [2.45, 2.75) is 13.1 Å². The number of benzene rings is 2. The van der Waals surface area contributed by atoms with Gasteiger partial charge in [0, 0.05) is 36.0 Å². The van der Waals surface area contributed by atoms with Crippen molar-refractivity contribution in [1.29, 1.82) is 0 Å². The minimum Gasteiger partial charge on any atom is -0.424 e. The first-order chi connectivity index (χ1) is 18.3. The molecule has 0 bridgehead atoms. The number of rotatable bonds is 6. The molecule has 2 aromatic carbocycles. The van der Waals surface area contributed by atoms with Crippen molar-refractivity contribution in [3.63, 3.8) is 0 Å². The van der Waals surface area contributed by atoms with Crippen LogP contribution in [0.5, 0.6) is 11.8 Å². The molecular formula is C27H19F3N6O2. The Hall–Kier alpha value is -5.06. The maximum absolute atomic E-state index is 13.6. The SMILES string of the molecule is Cc1cccc(Oc2ncc(-c3ccc(NC(=O)c4cn(-c5ccccn5)nc4C(F)(F)F)cc3)cn2)c1. The van der Waals surface area contributed by atoms with E-state index in [-0.39, 0.29) is 11.8 Å². The predicted octanol–water partition coefficient (Wildman–Crippen LogP) is 6.10. The number of hydrogen-bond acceptors (Lipinski definition) is 6. The molecule has 0 radical (unpaired) electrons. The molecule has 8 nitrogen and oxygen atoms in total. The number of amides is 1. The van der Waals surface area contributed by atoms with Gasteiger partial charge in [-0.05, 0) is 54.4 Å². The molecule has 190 valence electrons. The van der Waals surface area contributed by atoms with Gasteiger partial charge < -0.3 is 10.1 Å². The van der Waals surface area contributed by atoms with Crippen LogP contribution >= 0.6 is 0 Å². The zero-order valence-electron chi connectivity index (χ0n) is 19.8. The molecule has 0 saturated carbocycles. The van der Waals surface area contributed by atoms with E-state index in [1.165, 1.54) is 12.3 Å². The second-order valence-electron chi connectivity index (χ2n) is 8.23. The first-order valence-corrected chi connectivity index (χ1v) is 11.3. The summed E-state index contributed by atoms with van der Waals surface area (Å²) in [6.45, 7) is 1.95. The summed E-state index contributed by atoms with van der Waals surface area (Å²) in [6, 6.07) is 18.9. The number of pyridine rings is 1. The fraction of sp³-hybridized carbons (Fsp3) is 0.0741. The van der Waals surface area contributed by atoms with E-state index in [1.54, 1.807) is 54.9 Å². The molecule has 3 aromatic heterocycles. The molecule has 1 amide bonds. The second kappa shape index (κ2) is 10.1. The molecule has 0 spiro atoms. The van der Waals surface area contributed by atoms with Gasteiger partial charge in [-0.15, -0.1) is 0 Å². The molecule has 0 aliphatic rings. The summed E-state index contributed by atoms with van der Waals surface area (Å²) in [5.74, 6) is -0.177. The monoisotopic (exact) mass is 516 g/mol. The molecule has 0 aliphatic heterocycles. The van der Waals surface area contributed by atoms with Gasteiger partial charge in [-0.3, -0.25) is 4.79 Å². The summed E-state index contributed by atoms with van der Waals surface area (Å²) in [6.07, 6.45) is 0.778. The number of hydrogen-bond donors (Lipinski definition) is 1. The Bertz CT molecular complexity index is 1570. The van der Waals surface area contributed by atoms with Gasteiger partial charge in [0.1, 0.15) is 5.75 Å². The Balaban J connectivity index is 1.30. The fourth-order valence-electron chi connectivity index (χ4n) is 3.60. The van der Waals surface area contributed by atoms with E-state index in [4.69, 9.17) is 4.74 Å². The second-order valence-corrected chi connectivity index (χ2v) is 8.23. The number of halogens is 3. The van der Waals surface area contributed by atoms with Gasteiger partial charge in [0.2, 0.25) is 0 Å². The number of ether oxygens (including phenoxy) is 1. The van der Waals surface area contributed by atoms with Crippen LogP contribution in [-0.2, 0) is 6.18 Å². The number of nitrogens with one attached hydrogen (secondary N) is 1. The van der Waals surface area contributed by atoms with Crippen LogP contribution in [0.3, 0.4) is 0 Å². The molecule has 38 heavy (non-hydrogen) atoms. The third kappa shape index (κ3) is 5.51. The molecule has 5 aromatic rings. The highest BCUT2D eigenvalue weighted by molar-refractivity contribution is 6.05. The van der Waals surface area contributed by atoms with Gasteiger partial charge in [-0.2, -0.15) is 18.3 Å². The highest BCUT2D eigenvalue weighted by Gasteiger charge is 2.39. The molecule has 0 fully saturated rings. The van der Waals surface area contributed by atoms with Gasteiger partial charge in [0.25, 0.3) is 5.91 Å². The van der Waals surface area contributed by atoms with Crippen LogP contribution in [0.4, 0.5) is 18.9 Å². The Morgan fingerprint density at radius 2 is 1.68 bits per heavy atom. The maximum atomic E-state index is 13.6. The number of nitrogens with zero attached hydrogens (tertiary/aromatic N) is 5. The lowest BCUT2D eigenvalue weighted by atomic mass is 10.1. The standard InChI is InChI=1S/C27H19F3N6O2/c1-17-5-4-6-21(13-17)38-26-32-14-19(15-33-26)18-8-10-20(11-9-18)34-25(37)22-16-36(23-7-2-3-12-31-23)35-24(22)27(28,29)30/h2-16H,1H3,(H,34,37). The topological polar surface area (TPSA) is 94.8 Å². The van der Waals surface area contributed by atoms with Crippen molar-refractivity contribution in [1.82, 2.24) is 24.7 Å². The summed E-state index contributed by atoms with van der Waals surface area (Å²) >= 11 is 0. The Morgan fingerprint density at radius 3 is 2.34 bits per heavy atom. The number of aromatic nitrogens is 5. The van der Waals surface area contributed by atoms with E-state index in [1.807, 2.05) is 25.1 Å². The smallest absolute Gasteiger partial charge is 0.424 e. The predicted molar refractivity (Wildman–Crippen MR) is 133 cm³/mol. The molecule has 0 unspecified atom stereocenters. The van der Waals surface area contributed by atoms with Crippen LogP contribution in [0.15, 0.2) is 91.5 Å². The molecule has 0 saturated heterocycles. The molecule has 0 atom stereocenters. The molecule has 0 aliphatic carbocycles. The Kier molecular flexibility index (Phi) is 6.56. The molecule has 5 rings (SSSR count). The van der Waals surface area contributed by atoms with Crippen LogP contribution in [0, 0.1) is 6.92 Å². The number of carbonyl (C=O) groups excluding carboxylic acids is 1. The number of anilines is 1. The van der Waals surface area contributed by atoms with Crippen LogP contribution < -0.4 is 10.1 Å². The lowest BCUT2D eigenvalue weighted by Gasteiger charge is -2.08. The highest BCUT2D eigenvalue weighted by atomic mass is 19.4. The van der Waals surface area contributed by atoms with Gasteiger partial charge >= 0.3 is 12.2 Å². The van der Waals surface area contributed by atoms with Crippen LogP contribution in [-0.4, -0.2) is 30.6 Å². The van der Waals surface area contributed by atoms with E-state index < -0.39 is 23.3 Å². The third-order valence-electron chi connectivity index (χ3n) is 5.41. The van der Waals surface area contributed by atoms with Crippen LogP contribution in [0.2, 0.25) is 0 Å². The first-order valence-electron chi connectivity index (χ1n) is 11.3. The van der Waals surface area contributed by atoms with Gasteiger partial charge in [-0.25, -0.2) is 19.6 Å². The van der Waals surface area contributed by atoms with Gasteiger partial charge in [0.05, 0.1) is 5.56 Å². The number of carbonyl (C=O) groups is 1. The minimum atomic E-state index is -4.83. The van der Waals surface area contributed by atoms with Crippen molar-refractivity contribution < 1.29 is 22.7 Å². The summed E-state index contributed by atoms with van der Waals surface area (Å²) in [4.78, 5) is 25.2. The Morgan fingerprint density at radius 1 is 0.921 bits per heavy atom. The lowest BCUT2D eigenvalue weighted by Crippen LogP contribution is -2.17. The largest absolute Gasteiger partial charge is 0.435 e. The minimum absolute atomic E-state index is 0.152. The average Bonchev–Trinajstić information content (AvgIpc) is 3.37. The average molecular weight is 516 g/mol. The molecule has 3 heterocycles. The van der Waals surface area contributed by atoms with E-state index >= 15 is 0 Å². The van der Waals surface area contributed by atoms with E-state index in [0.717, 1.165) is 22.0 Å². The number of alkyl halides is 3. The van der Waals surface area contributed by atoms with E-state index in [0.29, 0.717) is 17.0 Å². The lowest BCUT2D eigenvalue weighted by molar-refractivity contribution is -0.141. The maximum Gasteiger partial charge on any atom is 0.435 e. The van der Waals surface area contributed by atoms with Crippen molar-refractivity contribution in [2.75, 3.05) is 5.32 Å². The molecule has 11 heteroatoms. The quantitative estimate of drug-likeness (QED) is 0.293.